The number of carbonyl (C=O) groups is 1. The van der Waals surface area contributed by atoms with Gasteiger partial charge >= 0.3 is 0 Å². The second-order valence-corrected chi connectivity index (χ2v) is 3.65. The van der Waals surface area contributed by atoms with Gasteiger partial charge in [0.15, 0.2) is 11.4 Å². The summed E-state index contributed by atoms with van der Waals surface area (Å²) in [6.07, 6.45) is 5.18. The van der Waals surface area contributed by atoms with Crippen molar-refractivity contribution >= 4 is 5.78 Å². The molecule has 0 bridgehead atoms. The van der Waals surface area contributed by atoms with Crippen molar-refractivity contribution in [3.63, 3.8) is 0 Å². The van der Waals surface area contributed by atoms with Crippen molar-refractivity contribution in [3.05, 3.63) is 60.0 Å². The Morgan fingerprint density at radius 3 is 2.29 bits per heavy atom. The van der Waals surface area contributed by atoms with Crippen molar-refractivity contribution in [1.29, 1.82) is 0 Å². The normalized spacial score (nSPS) is 16.5. The van der Waals surface area contributed by atoms with Crippen molar-refractivity contribution in [3.8, 4) is 11.8 Å². The fourth-order valence-corrected chi connectivity index (χ4v) is 1.32. The molecule has 1 aliphatic rings. The van der Waals surface area contributed by atoms with Crippen LogP contribution in [0.4, 0.5) is 4.39 Å². The zero-order valence-corrected chi connectivity index (χ0v) is 8.85. The van der Waals surface area contributed by atoms with E-state index in [2.05, 4.69) is 11.8 Å². The molecule has 1 aromatic carbocycles. The third-order valence-corrected chi connectivity index (χ3v) is 2.25. The molecule has 0 saturated carbocycles. The number of hydrogen-bond donors (Lipinski definition) is 1. The summed E-state index contributed by atoms with van der Waals surface area (Å²) in [5.74, 6) is 4.81. The number of halogens is 1. The van der Waals surface area contributed by atoms with Gasteiger partial charge in [0.05, 0.1) is 0 Å². The Bertz CT molecular complexity index is 540. The Hall–Kier alpha value is -2.18. The van der Waals surface area contributed by atoms with Gasteiger partial charge in [-0.25, -0.2) is 4.39 Å². The molecule has 0 radical (unpaired) electrons. The van der Waals surface area contributed by atoms with Gasteiger partial charge in [-0.3, -0.25) is 4.79 Å². The van der Waals surface area contributed by atoms with Crippen molar-refractivity contribution in [1.82, 2.24) is 0 Å². The largest absolute Gasteiger partial charge is 0.370 e. The van der Waals surface area contributed by atoms with Crippen LogP contribution in [0, 0.1) is 17.7 Å². The van der Waals surface area contributed by atoms with Crippen molar-refractivity contribution < 1.29 is 14.3 Å². The SMILES string of the molecule is O=C1C=CC(O)(C#Cc2ccc(F)cc2)C=C1. The Kier molecular flexibility index (Phi) is 2.90. The molecule has 0 aromatic heterocycles. The molecule has 17 heavy (non-hydrogen) atoms. The van der Waals surface area contributed by atoms with Crippen LogP contribution in [0.5, 0.6) is 0 Å². The van der Waals surface area contributed by atoms with Crippen LogP contribution in [0.2, 0.25) is 0 Å². The quantitative estimate of drug-likeness (QED) is 0.685. The molecule has 0 unspecified atom stereocenters. The molecule has 0 spiro atoms. The first kappa shape index (κ1) is 11.3. The van der Waals surface area contributed by atoms with E-state index in [9.17, 15) is 14.3 Å². The highest BCUT2D eigenvalue weighted by Crippen LogP contribution is 2.12. The van der Waals surface area contributed by atoms with Crippen LogP contribution in [-0.4, -0.2) is 16.5 Å². The number of rotatable bonds is 0. The topological polar surface area (TPSA) is 37.3 Å². The standard InChI is InChI=1S/C14H9FO2/c15-12-3-1-11(2-4-12)5-8-14(17)9-6-13(16)7-10-14/h1-4,6-7,9-10,17H. The minimum Gasteiger partial charge on any atom is -0.370 e. The van der Waals surface area contributed by atoms with Crippen LogP contribution in [0.1, 0.15) is 5.56 Å². The van der Waals surface area contributed by atoms with Gasteiger partial charge in [-0.05, 0) is 48.6 Å². The van der Waals surface area contributed by atoms with Gasteiger partial charge in [-0.1, -0.05) is 11.8 Å². The molecule has 84 valence electrons. The summed E-state index contributed by atoms with van der Waals surface area (Å²) in [6.45, 7) is 0. The van der Waals surface area contributed by atoms with E-state index >= 15 is 0 Å². The second kappa shape index (κ2) is 4.36. The average Bonchev–Trinajstić information content (AvgIpc) is 2.33. The molecular formula is C14H9FO2. The molecule has 0 fully saturated rings. The number of carbonyl (C=O) groups excluding carboxylic acids is 1. The zero-order valence-electron chi connectivity index (χ0n) is 8.85. The van der Waals surface area contributed by atoms with Crippen LogP contribution in [0.15, 0.2) is 48.6 Å². The Morgan fingerprint density at radius 1 is 1.12 bits per heavy atom. The summed E-state index contributed by atoms with van der Waals surface area (Å²) in [5, 5.41) is 9.93. The van der Waals surface area contributed by atoms with Crippen LogP contribution < -0.4 is 0 Å². The highest BCUT2D eigenvalue weighted by Gasteiger charge is 2.19. The number of ketones is 1. The van der Waals surface area contributed by atoms with Crippen molar-refractivity contribution in [2.45, 2.75) is 5.60 Å². The van der Waals surface area contributed by atoms with Gasteiger partial charge in [-0.2, -0.15) is 0 Å². The average molecular weight is 228 g/mol. The Balaban J connectivity index is 2.22. The first-order chi connectivity index (χ1) is 8.07. The fourth-order valence-electron chi connectivity index (χ4n) is 1.32. The molecule has 2 rings (SSSR count). The highest BCUT2D eigenvalue weighted by atomic mass is 19.1. The summed E-state index contributed by atoms with van der Waals surface area (Å²) in [4.78, 5) is 10.9. The maximum Gasteiger partial charge on any atom is 0.178 e. The van der Waals surface area contributed by atoms with Crippen LogP contribution >= 0.6 is 0 Å². The van der Waals surface area contributed by atoms with E-state index in [0.29, 0.717) is 5.56 Å². The molecule has 1 N–H and O–H groups in total. The van der Waals surface area contributed by atoms with E-state index in [1.54, 1.807) is 0 Å². The first-order valence-corrected chi connectivity index (χ1v) is 5.01. The number of allylic oxidation sites excluding steroid dienone is 2. The minimum atomic E-state index is -1.43. The third-order valence-electron chi connectivity index (χ3n) is 2.25. The van der Waals surface area contributed by atoms with Crippen LogP contribution in [0.25, 0.3) is 0 Å². The highest BCUT2D eigenvalue weighted by molar-refractivity contribution is 6.00. The predicted octanol–water partition coefficient (Wildman–Crippen LogP) is 1.60. The third kappa shape index (κ3) is 2.90. The fraction of sp³-hybridized carbons (Fsp3) is 0.0714. The molecule has 2 nitrogen and oxygen atoms in total. The van der Waals surface area contributed by atoms with E-state index < -0.39 is 5.60 Å². The van der Waals surface area contributed by atoms with E-state index in [-0.39, 0.29) is 11.6 Å². The summed E-state index contributed by atoms with van der Waals surface area (Å²) in [6, 6.07) is 5.63. The van der Waals surface area contributed by atoms with Crippen LogP contribution in [0.3, 0.4) is 0 Å². The molecule has 3 heteroatoms. The lowest BCUT2D eigenvalue weighted by molar-refractivity contribution is -0.110. The zero-order chi connectivity index (χ0) is 12.3. The predicted molar refractivity (Wildman–Crippen MR) is 61.5 cm³/mol. The van der Waals surface area contributed by atoms with Gasteiger partial charge in [0.25, 0.3) is 0 Å². The van der Waals surface area contributed by atoms with Gasteiger partial charge in [-0.15, -0.1) is 0 Å². The van der Waals surface area contributed by atoms with E-state index in [1.165, 1.54) is 48.6 Å². The van der Waals surface area contributed by atoms with Crippen molar-refractivity contribution in [2.75, 3.05) is 0 Å². The van der Waals surface area contributed by atoms with Gasteiger partial charge in [0.2, 0.25) is 0 Å². The summed E-state index contributed by atoms with van der Waals surface area (Å²) < 4.78 is 12.6. The maximum absolute atomic E-state index is 12.6. The monoisotopic (exact) mass is 228 g/mol. The van der Waals surface area contributed by atoms with E-state index in [4.69, 9.17) is 0 Å². The maximum atomic E-state index is 12.6. The number of hydrogen-bond acceptors (Lipinski definition) is 2. The lowest BCUT2D eigenvalue weighted by Gasteiger charge is -2.14. The Morgan fingerprint density at radius 2 is 1.71 bits per heavy atom. The minimum absolute atomic E-state index is 0.182. The van der Waals surface area contributed by atoms with Gasteiger partial charge in [0.1, 0.15) is 5.82 Å². The molecule has 0 heterocycles. The number of aliphatic hydroxyl groups is 1. The first-order valence-electron chi connectivity index (χ1n) is 5.01. The molecule has 1 aromatic rings. The lowest BCUT2D eigenvalue weighted by atomic mass is 9.98. The molecule has 0 aliphatic heterocycles. The molecular weight excluding hydrogens is 219 g/mol. The van der Waals surface area contributed by atoms with E-state index in [0.717, 1.165) is 0 Å². The van der Waals surface area contributed by atoms with Gasteiger partial charge < -0.3 is 5.11 Å². The van der Waals surface area contributed by atoms with E-state index in [1.807, 2.05) is 0 Å². The number of benzene rings is 1. The molecule has 1 aliphatic carbocycles. The van der Waals surface area contributed by atoms with Crippen molar-refractivity contribution in [2.24, 2.45) is 0 Å². The summed E-state index contributed by atoms with van der Waals surface area (Å²) in [5.41, 5.74) is -0.832. The van der Waals surface area contributed by atoms with Crippen LogP contribution in [-0.2, 0) is 4.79 Å². The molecule has 0 amide bonds. The van der Waals surface area contributed by atoms with Gasteiger partial charge in [0, 0.05) is 5.56 Å². The second-order valence-electron chi connectivity index (χ2n) is 3.65. The smallest absolute Gasteiger partial charge is 0.178 e. The summed E-state index contributed by atoms with van der Waals surface area (Å²) in [7, 11) is 0. The molecule has 0 saturated heterocycles. The lowest BCUT2D eigenvalue weighted by Crippen LogP contribution is -2.23. The summed E-state index contributed by atoms with van der Waals surface area (Å²) >= 11 is 0. The molecule has 0 atom stereocenters. The Labute approximate surface area is 98.1 Å².